The molecule has 0 bridgehead atoms. The van der Waals surface area contributed by atoms with Gasteiger partial charge >= 0.3 is 5.97 Å². The topological polar surface area (TPSA) is 59.6 Å². The Morgan fingerprint density at radius 3 is 2.58 bits per heavy atom. The molecule has 0 aliphatic carbocycles. The molecule has 1 aliphatic rings. The largest absolute Gasteiger partial charge is 0.497 e. The lowest BCUT2D eigenvalue weighted by atomic mass is 9.94. The summed E-state index contributed by atoms with van der Waals surface area (Å²) in [6, 6.07) is 14.9. The van der Waals surface area contributed by atoms with Crippen molar-refractivity contribution in [3.63, 3.8) is 0 Å². The van der Waals surface area contributed by atoms with E-state index in [2.05, 4.69) is 10.6 Å². The number of hydrogen-bond acceptors (Lipinski definition) is 4. The predicted molar refractivity (Wildman–Crippen MR) is 104 cm³/mol. The monoisotopic (exact) mass is 368 g/mol. The van der Waals surface area contributed by atoms with Gasteiger partial charge in [-0.25, -0.2) is 4.79 Å². The van der Waals surface area contributed by atoms with Crippen molar-refractivity contribution in [1.82, 2.24) is 10.6 Å². The van der Waals surface area contributed by atoms with Crippen molar-refractivity contribution in [1.29, 1.82) is 0 Å². The summed E-state index contributed by atoms with van der Waals surface area (Å²) in [5.41, 5.74) is 3.44. The van der Waals surface area contributed by atoms with E-state index >= 15 is 0 Å². The van der Waals surface area contributed by atoms with Crippen LogP contribution >= 0.6 is 12.2 Å². The number of carbonyl (C=O) groups excluding carboxylic acids is 1. The second kappa shape index (κ2) is 8.01. The zero-order chi connectivity index (χ0) is 18.5. The first kappa shape index (κ1) is 17.9. The molecule has 0 fully saturated rings. The minimum Gasteiger partial charge on any atom is -0.497 e. The Balaban J connectivity index is 1.75. The molecule has 1 heterocycles. The van der Waals surface area contributed by atoms with E-state index in [1.54, 1.807) is 13.3 Å². The Morgan fingerprint density at radius 1 is 1.15 bits per heavy atom. The highest BCUT2D eigenvalue weighted by atomic mass is 32.1. The van der Waals surface area contributed by atoms with Crippen LogP contribution in [0.15, 0.2) is 60.3 Å². The summed E-state index contributed by atoms with van der Waals surface area (Å²) in [7, 11) is 1.61. The molecule has 0 aromatic heterocycles. The van der Waals surface area contributed by atoms with E-state index in [0.717, 1.165) is 22.4 Å². The van der Waals surface area contributed by atoms with E-state index in [1.165, 1.54) is 0 Å². The maximum Gasteiger partial charge on any atom is 0.338 e. The van der Waals surface area contributed by atoms with Crippen molar-refractivity contribution in [2.24, 2.45) is 0 Å². The Hall–Kier alpha value is -2.86. The molecule has 2 aromatic rings. The average Bonchev–Trinajstić information content (AvgIpc) is 2.67. The lowest BCUT2D eigenvalue weighted by Crippen LogP contribution is -2.42. The van der Waals surface area contributed by atoms with Crippen LogP contribution in [0.3, 0.4) is 0 Å². The molecule has 3 rings (SSSR count). The number of thiocarbonyl (C=S) groups is 1. The van der Waals surface area contributed by atoms with Gasteiger partial charge in [0.05, 0.1) is 18.7 Å². The molecule has 5 nitrogen and oxygen atoms in total. The zero-order valence-corrected chi connectivity index (χ0v) is 15.4. The van der Waals surface area contributed by atoms with Crippen LogP contribution in [0, 0.1) is 6.92 Å². The van der Waals surface area contributed by atoms with Gasteiger partial charge in [0.1, 0.15) is 12.4 Å². The molecule has 134 valence electrons. The van der Waals surface area contributed by atoms with Crippen molar-refractivity contribution in [3.8, 4) is 5.75 Å². The summed E-state index contributed by atoms with van der Waals surface area (Å²) in [4.78, 5) is 12.7. The molecule has 2 aromatic carbocycles. The molecular formula is C20H20N2O3S. The molecule has 0 saturated heterocycles. The Bertz CT molecular complexity index is 846. The van der Waals surface area contributed by atoms with Gasteiger partial charge in [-0.1, -0.05) is 36.4 Å². The third kappa shape index (κ3) is 4.03. The van der Waals surface area contributed by atoms with Crippen LogP contribution in [-0.4, -0.2) is 18.2 Å². The van der Waals surface area contributed by atoms with Crippen molar-refractivity contribution in [2.45, 2.75) is 19.6 Å². The standard InChI is InChI=1S/C20H20N2O3S/c1-13-5-3-4-6-16(13)18-17(11-21-20(26)22-18)19(23)25-12-14-7-9-15(24-2)10-8-14/h3-11,18H,12H2,1-2H3,(H2,21,22,26). The summed E-state index contributed by atoms with van der Waals surface area (Å²) in [5.74, 6) is 0.369. The molecule has 1 unspecified atom stereocenters. The summed E-state index contributed by atoms with van der Waals surface area (Å²) in [5, 5.41) is 6.52. The minimum atomic E-state index is -0.392. The molecule has 1 aliphatic heterocycles. The van der Waals surface area contributed by atoms with Crippen molar-refractivity contribution >= 4 is 23.3 Å². The number of ether oxygens (including phenoxy) is 2. The SMILES string of the molecule is COc1ccc(COC(=O)C2=CNC(=S)NC2c2ccccc2C)cc1. The number of rotatable bonds is 5. The summed E-state index contributed by atoms with van der Waals surface area (Å²) < 4.78 is 10.6. The van der Waals surface area contributed by atoms with Crippen molar-refractivity contribution < 1.29 is 14.3 Å². The molecule has 1 atom stereocenters. The Labute approximate surface area is 158 Å². The number of benzene rings is 2. The van der Waals surface area contributed by atoms with Gasteiger partial charge in [-0.3, -0.25) is 0 Å². The maximum atomic E-state index is 12.7. The second-order valence-electron chi connectivity index (χ2n) is 5.93. The van der Waals surface area contributed by atoms with Gasteiger partial charge < -0.3 is 20.1 Å². The highest BCUT2D eigenvalue weighted by molar-refractivity contribution is 7.80. The van der Waals surface area contributed by atoms with Crippen LogP contribution in [0.4, 0.5) is 0 Å². The molecule has 0 spiro atoms. The van der Waals surface area contributed by atoms with E-state index in [1.807, 2.05) is 55.5 Å². The fraction of sp³-hybridized carbons (Fsp3) is 0.200. The number of hydrogen-bond donors (Lipinski definition) is 2. The number of methoxy groups -OCH3 is 1. The van der Waals surface area contributed by atoms with Crippen LogP contribution in [0.5, 0.6) is 5.75 Å². The van der Waals surface area contributed by atoms with E-state index in [0.29, 0.717) is 10.7 Å². The third-order valence-electron chi connectivity index (χ3n) is 4.21. The fourth-order valence-corrected chi connectivity index (χ4v) is 2.94. The molecule has 0 radical (unpaired) electrons. The Morgan fingerprint density at radius 2 is 1.88 bits per heavy atom. The summed E-state index contributed by atoms with van der Waals surface area (Å²) in [6.07, 6.45) is 1.62. The lowest BCUT2D eigenvalue weighted by molar-refractivity contribution is -0.140. The van der Waals surface area contributed by atoms with Crippen LogP contribution < -0.4 is 15.4 Å². The molecule has 2 N–H and O–H groups in total. The summed E-state index contributed by atoms with van der Waals surface area (Å²) in [6.45, 7) is 2.19. The molecule has 26 heavy (non-hydrogen) atoms. The van der Waals surface area contributed by atoms with Crippen LogP contribution in [0.25, 0.3) is 0 Å². The van der Waals surface area contributed by atoms with Crippen LogP contribution in [0.1, 0.15) is 22.7 Å². The van der Waals surface area contributed by atoms with E-state index in [9.17, 15) is 4.79 Å². The second-order valence-corrected chi connectivity index (χ2v) is 6.34. The molecule has 0 saturated carbocycles. The van der Waals surface area contributed by atoms with Gasteiger partial charge in [-0.05, 0) is 48.0 Å². The van der Waals surface area contributed by atoms with Crippen molar-refractivity contribution in [2.75, 3.05) is 7.11 Å². The average molecular weight is 368 g/mol. The van der Waals surface area contributed by atoms with Gasteiger partial charge in [0, 0.05) is 6.20 Å². The van der Waals surface area contributed by atoms with Gasteiger partial charge in [0.2, 0.25) is 0 Å². The van der Waals surface area contributed by atoms with Crippen molar-refractivity contribution in [3.05, 3.63) is 77.0 Å². The molecule has 6 heteroatoms. The maximum absolute atomic E-state index is 12.7. The Kier molecular flexibility index (Phi) is 5.53. The number of carbonyl (C=O) groups is 1. The quantitative estimate of drug-likeness (QED) is 0.625. The molecular weight excluding hydrogens is 348 g/mol. The number of aryl methyl sites for hydroxylation is 1. The highest BCUT2D eigenvalue weighted by Crippen LogP contribution is 2.27. The van der Waals surface area contributed by atoms with E-state index in [-0.39, 0.29) is 12.6 Å². The zero-order valence-electron chi connectivity index (χ0n) is 14.6. The van der Waals surface area contributed by atoms with E-state index in [4.69, 9.17) is 21.7 Å². The van der Waals surface area contributed by atoms with Gasteiger partial charge in [0.15, 0.2) is 5.11 Å². The van der Waals surface area contributed by atoms with Gasteiger partial charge in [-0.15, -0.1) is 0 Å². The number of nitrogens with one attached hydrogen (secondary N) is 2. The van der Waals surface area contributed by atoms with Crippen LogP contribution in [-0.2, 0) is 16.1 Å². The normalized spacial score (nSPS) is 16.2. The summed E-state index contributed by atoms with van der Waals surface area (Å²) >= 11 is 5.20. The van der Waals surface area contributed by atoms with Gasteiger partial charge in [0.25, 0.3) is 0 Å². The smallest absolute Gasteiger partial charge is 0.338 e. The first-order valence-electron chi connectivity index (χ1n) is 8.21. The first-order valence-corrected chi connectivity index (χ1v) is 8.62. The third-order valence-corrected chi connectivity index (χ3v) is 4.45. The first-order chi connectivity index (χ1) is 12.6. The predicted octanol–water partition coefficient (Wildman–Crippen LogP) is 3.15. The highest BCUT2D eigenvalue weighted by Gasteiger charge is 2.28. The van der Waals surface area contributed by atoms with Crippen LogP contribution in [0.2, 0.25) is 0 Å². The lowest BCUT2D eigenvalue weighted by Gasteiger charge is -2.27. The van der Waals surface area contributed by atoms with E-state index < -0.39 is 5.97 Å². The number of esters is 1. The van der Waals surface area contributed by atoms with Gasteiger partial charge in [-0.2, -0.15) is 0 Å². The minimum absolute atomic E-state index is 0.186. The molecule has 0 amide bonds. The fourth-order valence-electron chi connectivity index (χ4n) is 2.76.